The average Bonchev–Trinajstić information content (AvgIpc) is 2.56. The lowest BCUT2D eigenvalue weighted by Gasteiger charge is -2.21. The Morgan fingerprint density at radius 2 is 2.00 bits per heavy atom. The van der Waals surface area contributed by atoms with Crippen molar-refractivity contribution in [2.75, 3.05) is 27.3 Å². The second-order valence-corrected chi connectivity index (χ2v) is 6.18. The molecule has 1 rings (SSSR count). The van der Waals surface area contributed by atoms with Crippen molar-refractivity contribution in [2.45, 2.75) is 46.8 Å². The van der Waals surface area contributed by atoms with Gasteiger partial charge in [0.05, 0.1) is 13.2 Å². The maximum Gasteiger partial charge on any atom is 0.191 e. The highest BCUT2D eigenvalue weighted by Crippen LogP contribution is 2.18. The normalized spacial score (nSPS) is 13.0. The summed E-state index contributed by atoms with van der Waals surface area (Å²) in [5.74, 6) is 2.24. The Morgan fingerprint density at radius 1 is 1.25 bits per heavy atom. The van der Waals surface area contributed by atoms with E-state index in [1.54, 1.807) is 14.2 Å². The van der Waals surface area contributed by atoms with Gasteiger partial charge in [-0.15, -0.1) is 0 Å². The Labute approximate surface area is 146 Å². The van der Waals surface area contributed by atoms with Crippen LogP contribution in [0.15, 0.2) is 23.2 Å². The highest BCUT2D eigenvalue weighted by atomic mass is 16.5. The van der Waals surface area contributed by atoms with Gasteiger partial charge in [-0.25, -0.2) is 0 Å². The minimum atomic E-state index is 0.282. The fraction of sp³-hybridized carbons (Fsp3) is 0.632. The first-order valence-electron chi connectivity index (χ1n) is 8.71. The van der Waals surface area contributed by atoms with Gasteiger partial charge in [-0.1, -0.05) is 26.0 Å². The number of aryl methyl sites for hydroxylation is 1. The highest BCUT2D eigenvalue weighted by Gasteiger charge is 2.13. The maximum absolute atomic E-state index is 5.77. The van der Waals surface area contributed by atoms with Crippen LogP contribution < -0.4 is 15.4 Å². The standard InChI is InChI=1S/C19H33N3O2/c1-7-24-17(14(2)3)10-11-21-19(20-5)22-13-16-8-9-18(23-6)15(4)12-16/h8-9,12,14,17H,7,10-11,13H2,1-6H3,(H2,20,21,22). The van der Waals surface area contributed by atoms with Gasteiger partial charge in [0.1, 0.15) is 5.75 Å². The van der Waals surface area contributed by atoms with Gasteiger partial charge in [0, 0.05) is 26.7 Å². The van der Waals surface area contributed by atoms with Crippen molar-refractivity contribution in [2.24, 2.45) is 10.9 Å². The Hall–Kier alpha value is -1.75. The minimum absolute atomic E-state index is 0.282. The lowest BCUT2D eigenvalue weighted by atomic mass is 10.0. The van der Waals surface area contributed by atoms with E-state index in [4.69, 9.17) is 9.47 Å². The zero-order valence-corrected chi connectivity index (χ0v) is 16.0. The lowest BCUT2D eigenvalue weighted by Crippen LogP contribution is -2.38. The summed E-state index contributed by atoms with van der Waals surface area (Å²) in [4.78, 5) is 4.28. The first-order chi connectivity index (χ1) is 11.5. The topological polar surface area (TPSA) is 54.9 Å². The van der Waals surface area contributed by atoms with E-state index in [1.165, 1.54) is 5.56 Å². The molecule has 136 valence electrons. The van der Waals surface area contributed by atoms with Crippen molar-refractivity contribution in [3.63, 3.8) is 0 Å². The molecule has 0 saturated heterocycles. The van der Waals surface area contributed by atoms with Crippen molar-refractivity contribution < 1.29 is 9.47 Å². The summed E-state index contributed by atoms with van der Waals surface area (Å²) in [6.45, 7) is 10.8. The molecular formula is C19H33N3O2. The smallest absolute Gasteiger partial charge is 0.191 e. The number of nitrogens with one attached hydrogen (secondary N) is 2. The number of benzene rings is 1. The predicted molar refractivity (Wildman–Crippen MR) is 101 cm³/mol. The van der Waals surface area contributed by atoms with Crippen molar-refractivity contribution in [1.82, 2.24) is 10.6 Å². The quantitative estimate of drug-likeness (QED) is 0.538. The molecule has 0 aromatic heterocycles. The van der Waals surface area contributed by atoms with E-state index in [0.717, 1.165) is 43.4 Å². The van der Waals surface area contributed by atoms with Crippen LogP contribution in [0.2, 0.25) is 0 Å². The number of nitrogens with zero attached hydrogens (tertiary/aromatic N) is 1. The second kappa shape index (κ2) is 10.9. The number of rotatable bonds is 9. The summed E-state index contributed by atoms with van der Waals surface area (Å²) >= 11 is 0. The summed E-state index contributed by atoms with van der Waals surface area (Å²) in [5.41, 5.74) is 2.34. The van der Waals surface area contributed by atoms with Crippen LogP contribution >= 0.6 is 0 Å². The minimum Gasteiger partial charge on any atom is -0.496 e. The molecule has 0 aliphatic heterocycles. The molecule has 1 aromatic carbocycles. The Balaban J connectivity index is 2.44. The van der Waals surface area contributed by atoms with Crippen LogP contribution in [0.1, 0.15) is 38.3 Å². The molecule has 0 fully saturated rings. The third-order valence-electron chi connectivity index (χ3n) is 3.99. The van der Waals surface area contributed by atoms with Gasteiger partial charge < -0.3 is 20.1 Å². The molecule has 5 nitrogen and oxygen atoms in total. The molecule has 1 atom stereocenters. The first kappa shape index (κ1) is 20.3. The Morgan fingerprint density at radius 3 is 2.54 bits per heavy atom. The molecule has 0 bridgehead atoms. The van der Waals surface area contributed by atoms with Crippen LogP contribution in [0.25, 0.3) is 0 Å². The van der Waals surface area contributed by atoms with E-state index in [2.05, 4.69) is 48.5 Å². The summed E-state index contributed by atoms with van der Waals surface area (Å²) in [7, 11) is 3.48. The van der Waals surface area contributed by atoms with Crippen LogP contribution in [-0.4, -0.2) is 39.4 Å². The highest BCUT2D eigenvalue weighted by molar-refractivity contribution is 5.79. The summed E-state index contributed by atoms with van der Waals surface area (Å²) in [5, 5.41) is 6.70. The molecular weight excluding hydrogens is 302 g/mol. The predicted octanol–water partition coefficient (Wildman–Crippen LogP) is 3.12. The van der Waals surface area contributed by atoms with Gasteiger partial charge in [0.25, 0.3) is 0 Å². The van der Waals surface area contributed by atoms with Crippen molar-refractivity contribution >= 4 is 5.96 Å². The van der Waals surface area contributed by atoms with Gasteiger partial charge in [-0.3, -0.25) is 4.99 Å². The number of ether oxygens (including phenoxy) is 2. The van der Waals surface area contributed by atoms with Crippen LogP contribution in [0.3, 0.4) is 0 Å². The summed E-state index contributed by atoms with van der Waals surface area (Å²) in [6, 6.07) is 6.19. The Bertz CT molecular complexity index is 515. The van der Waals surface area contributed by atoms with Crippen LogP contribution in [0, 0.1) is 12.8 Å². The summed E-state index contributed by atoms with van der Waals surface area (Å²) in [6.07, 6.45) is 1.25. The lowest BCUT2D eigenvalue weighted by molar-refractivity contribution is 0.0258. The average molecular weight is 335 g/mol. The molecule has 24 heavy (non-hydrogen) atoms. The number of hydrogen-bond acceptors (Lipinski definition) is 3. The molecule has 0 aliphatic rings. The molecule has 1 unspecified atom stereocenters. The van der Waals surface area contributed by atoms with E-state index < -0.39 is 0 Å². The zero-order chi connectivity index (χ0) is 17.9. The molecule has 5 heteroatoms. The van der Waals surface area contributed by atoms with Crippen molar-refractivity contribution in [3.05, 3.63) is 29.3 Å². The fourth-order valence-electron chi connectivity index (χ4n) is 2.61. The molecule has 1 aromatic rings. The SMILES string of the molecule is CCOC(CCNC(=NC)NCc1ccc(OC)c(C)c1)C(C)C. The third-order valence-corrected chi connectivity index (χ3v) is 3.99. The van der Waals surface area contributed by atoms with Crippen LogP contribution in [0.5, 0.6) is 5.75 Å². The zero-order valence-electron chi connectivity index (χ0n) is 16.0. The second-order valence-electron chi connectivity index (χ2n) is 6.18. The molecule has 2 N–H and O–H groups in total. The van der Waals surface area contributed by atoms with Gasteiger partial charge >= 0.3 is 0 Å². The number of methoxy groups -OCH3 is 1. The van der Waals surface area contributed by atoms with E-state index in [0.29, 0.717) is 5.92 Å². The van der Waals surface area contributed by atoms with E-state index in [1.807, 2.05) is 13.0 Å². The van der Waals surface area contributed by atoms with Crippen LogP contribution in [-0.2, 0) is 11.3 Å². The van der Waals surface area contributed by atoms with E-state index in [-0.39, 0.29) is 6.10 Å². The van der Waals surface area contributed by atoms with Gasteiger partial charge in [-0.05, 0) is 43.4 Å². The fourth-order valence-corrected chi connectivity index (χ4v) is 2.61. The molecule has 0 heterocycles. The van der Waals surface area contributed by atoms with E-state index >= 15 is 0 Å². The molecule has 0 aliphatic carbocycles. The molecule has 0 amide bonds. The monoisotopic (exact) mass is 335 g/mol. The number of guanidine groups is 1. The molecule has 0 saturated carbocycles. The van der Waals surface area contributed by atoms with Crippen molar-refractivity contribution in [1.29, 1.82) is 0 Å². The first-order valence-corrected chi connectivity index (χ1v) is 8.71. The summed E-state index contributed by atoms with van der Waals surface area (Å²) < 4.78 is 11.1. The number of aliphatic imine (C=N–C) groups is 1. The maximum atomic E-state index is 5.77. The number of hydrogen-bond donors (Lipinski definition) is 2. The Kier molecular flexibility index (Phi) is 9.23. The van der Waals surface area contributed by atoms with Crippen LogP contribution in [0.4, 0.5) is 0 Å². The van der Waals surface area contributed by atoms with E-state index in [9.17, 15) is 0 Å². The largest absolute Gasteiger partial charge is 0.496 e. The molecule has 0 spiro atoms. The van der Waals surface area contributed by atoms with Gasteiger partial charge in [0.15, 0.2) is 5.96 Å². The molecule has 0 radical (unpaired) electrons. The van der Waals surface area contributed by atoms with Gasteiger partial charge in [-0.2, -0.15) is 0 Å². The third kappa shape index (κ3) is 6.79. The van der Waals surface area contributed by atoms with Crippen molar-refractivity contribution in [3.8, 4) is 5.75 Å². The van der Waals surface area contributed by atoms with Gasteiger partial charge in [0.2, 0.25) is 0 Å².